The number of rotatable bonds is 2. The number of amides is 1. The van der Waals surface area contributed by atoms with Gasteiger partial charge in [-0.1, -0.05) is 48.2 Å². The minimum atomic E-state index is -0.599. The van der Waals surface area contributed by atoms with Gasteiger partial charge in [-0.3, -0.25) is 4.99 Å². The minimum Gasteiger partial charge on any atom is -0.443 e. The van der Waals surface area contributed by atoms with Crippen molar-refractivity contribution in [1.82, 2.24) is 0 Å². The van der Waals surface area contributed by atoms with E-state index in [4.69, 9.17) is 14.5 Å². The predicted octanol–water partition coefficient (Wildman–Crippen LogP) is 4.85. The van der Waals surface area contributed by atoms with E-state index < -0.39 is 22.7 Å². The fourth-order valence-electron chi connectivity index (χ4n) is 3.93. The molecule has 0 saturated carbocycles. The van der Waals surface area contributed by atoms with Gasteiger partial charge in [0.15, 0.2) is 11.4 Å². The molecule has 0 bridgehead atoms. The number of hydrogen-bond acceptors (Lipinski definition) is 6. The molecule has 7 heteroatoms. The zero-order chi connectivity index (χ0) is 21.5. The Morgan fingerprint density at radius 1 is 1.17 bits per heavy atom. The summed E-state index contributed by atoms with van der Waals surface area (Å²) in [6.07, 6.45) is -0.940. The molecular formula is C23H27N3O3S. The van der Waals surface area contributed by atoms with Gasteiger partial charge in [-0.05, 0) is 44.5 Å². The molecule has 2 aromatic rings. The number of carbonyl (C=O) groups is 1. The van der Waals surface area contributed by atoms with Crippen molar-refractivity contribution in [3.63, 3.8) is 0 Å². The van der Waals surface area contributed by atoms with Crippen molar-refractivity contribution >= 4 is 34.4 Å². The highest BCUT2D eigenvalue weighted by atomic mass is 32.2. The third kappa shape index (κ3) is 3.46. The van der Waals surface area contributed by atoms with Crippen LogP contribution in [0, 0.1) is 0 Å². The lowest BCUT2D eigenvalue weighted by molar-refractivity contribution is 0.0337. The van der Waals surface area contributed by atoms with Crippen LogP contribution < -0.4 is 9.80 Å². The van der Waals surface area contributed by atoms with Gasteiger partial charge in [-0.2, -0.15) is 0 Å². The molecule has 2 aliphatic heterocycles. The van der Waals surface area contributed by atoms with Crippen LogP contribution in [0.15, 0.2) is 59.6 Å². The average Bonchev–Trinajstić information content (AvgIpc) is 3.27. The number of anilines is 2. The summed E-state index contributed by atoms with van der Waals surface area (Å²) in [6, 6.07) is 18.0. The molecule has 30 heavy (non-hydrogen) atoms. The van der Waals surface area contributed by atoms with Crippen molar-refractivity contribution in [3.8, 4) is 0 Å². The normalized spacial score (nSPS) is 22.8. The molecule has 1 amide bonds. The van der Waals surface area contributed by atoms with Gasteiger partial charge in [0.1, 0.15) is 10.3 Å². The first kappa shape index (κ1) is 20.8. The van der Waals surface area contributed by atoms with Crippen LogP contribution in [0.2, 0.25) is 0 Å². The monoisotopic (exact) mass is 425 g/mol. The molecule has 158 valence electrons. The number of carbonyl (C=O) groups excluding carboxylic acids is 1. The fraction of sp³-hybridized carbons (Fsp3) is 0.391. The zero-order valence-corrected chi connectivity index (χ0v) is 18.8. The Morgan fingerprint density at radius 3 is 2.50 bits per heavy atom. The van der Waals surface area contributed by atoms with Crippen molar-refractivity contribution in [2.75, 3.05) is 30.5 Å². The number of ether oxygens (including phenoxy) is 2. The quantitative estimate of drug-likeness (QED) is 0.689. The zero-order valence-electron chi connectivity index (χ0n) is 18.0. The van der Waals surface area contributed by atoms with Crippen molar-refractivity contribution < 1.29 is 14.3 Å². The number of fused-ring (bicyclic) bond motifs is 2. The second-order valence-electron chi connectivity index (χ2n) is 8.44. The molecule has 0 unspecified atom stereocenters. The van der Waals surface area contributed by atoms with Gasteiger partial charge in [-0.15, -0.1) is 0 Å². The molecule has 4 rings (SSSR count). The summed E-state index contributed by atoms with van der Waals surface area (Å²) in [7, 11) is 3.64. The van der Waals surface area contributed by atoms with Gasteiger partial charge in [0.25, 0.3) is 0 Å². The van der Waals surface area contributed by atoms with Crippen LogP contribution in [0.1, 0.15) is 26.3 Å². The van der Waals surface area contributed by atoms with Crippen LogP contribution in [0.25, 0.3) is 0 Å². The lowest BCUT2D eigenvalue weighted by atomic mass is 9.99. The standard InChI is InChI=1S/C23H27N3O3S/c1-22(2,3)29-21(27)26-18-14-10-9-13-17(18)23(19(26)28-5)15-24-20(30-23)25(4)16-11-7-6-8-12-16/h6-14,19H,15H2,1-5H3/t19-,23-/m0/s1. The molecule has 0 N–H and O–H groups in total. The molecule has 0 aliphatic carbocycles. The molecule has 2 aromatic carbocycles. The van der Waals surface area contributed by atoms with Crippen LogP contribution >= 0.6 is 11.8 Å². The molecule has 0 aromatic heterocycles. The van der Waals surface area contributed by atoms with E-state index in [0.717, 1.165) is 22.1 Å². The molecule has 0 radical (unpaired) electrons. The van der Waals surface area contributed by atoms with Crippen LogP contribution in [-0.2, 0) is 14.2 Å². The number of amidine groups is 1. The Labute approximate surface area is 181 Å². The third-order valence-corrected chi connectivity index (χ3v) is 6.72. The van der Waals surface area contributed by atoms with Gasteiger partial charge in [-0.25, -0.2) is 9.69 Å². The first-order valence-electron chi connectivity index (χ1n) is 9.93. The molecule has 2 heterocycles. The highest BCUT2D eigenvalue weighted by molar-refractivity contribution is 8.15. The van der Waals surface area contributed by atoms with E-state index >= 15 is 0 Å². The number of nitrogens with zero attached hydrogens (tertiary/aromatic N) is 3. The summed E-state index contributed by atoms with van der Waals surface area (Å²) < 4.78 is 11.1. The van der Waals surface area contributed by atoms with Gasteiger partial charge in [0.2, 0.25) is 0 Å². The van der Waals surface area contributed by atoms with Crippen molar-refractivity contribution in [3.05, 3.63) is 60.2 Å². The second-order valence-corrected chi connectivity index (χ2v) is 9.74. The molecule has 0 fully saturated rings. The molecule has 2 atom stereocenters. The van der Waals surface area contributed by atoms with Crippen molar-refractivity contribution in [2.45, 2.75) is 37.3 Å². The van der Waals surface area contributed by atoms with E-state index in [1.54, 1.807) is 23.8 Å². The van der Waals surface area contributed by atoms with Gasteiger partial charge < -0.3 is 14.4 Å². The first-order chi connectivity index (χ1) is 14.3. The first-order valence-corrected chi connectivity index (χ1v) is 10.8. The largest absolute Gasteiger partial charge is 0.443 e. The molecule has 1 spiro atoms. The fourth-order valence-corrected chi connectivity index (χ4v) is 5.34. The van der Waals surface area contributed by atoms with Crippen LogP contribution in [0.5, 0.6) is 0 Å². The summed E-state index contributed by atoms with van der Waals surface area (Å²) in [6.45, 7) is 6.11. The number of aliphatic imine (C=N–C) groups is 1. The van der Waals surface area contributed by atoms with E-state index in [2.05, 4.69) is 23.1 Å². The van der Waals surface area contributed by atoms with Gasteiger partial charge in [0, 0.05) is 19.8 Å². The van der Waals surface area contributed by atoms with Crippen LogP contribution in [0.3, 0.4) is 0 Å². The van der Waals surface area contributed by atoms with Crippen LogP contribution in [0.4, 0.5) is 16.2 Å². The second kappa shape index (κ2) is 7.63. The van der Waals surface area contributed by atoms with E-state index in [1.165, 1.54) is 0 Å². The number of methoxy groups -OCH3 is 1. The summed E-state index contributed by atoms with van der Waals surface area (Å²) >= 11 is 1.64. The Balaban J connectivity index is 1.70. The van der Waals surface area contributed by atoms with Crippen molar-refractivity contribution in [2.24, 2.45) is 4.99 Å². The van der Waals surface area contributed by atoms with Gasteiger partial charge >= 0.3 is 6.09 Å². The maximum absolute atomic E-state index is 13.1. The van der Waals surface area contributed by atoms with Gasteiger partial charge in [0.05, 0.1) is 12.2 Å². The topological polar surface area (TPSA) is 54.4 Å². The lowest BCUT2D eigenvalue weighted by Gasteiger charge is -2.34. The average molecular weight is 426 g/mol. The van der Waals surface area contributed by atoms with E-state index in [-0.39, 0.29) is 0 Å². The number of para-hydroxylation sites is 2. The SMILES string of the molecule is CO[C@@H]1N(C(=O)OC(C)(C)C)c2ccccc2[C@@]12CN=C(N(C)c1ccccc1)S2. The smallest absolute Gasteiger partial charge is 0.417 e. The molecule has 6 nitrogen and oxygen atoms in total. The summed E-state index contributed by atoms with van der Waals surface area (Å²) in [5.74, 6) is 0. The lowest BCUT2D eigenvalue weighted by Crippen LogP contribution is -2.49. The van der Waals surface area contributed by atoms with E-state index in [0.29, 0.717) is 6.54 Å². The Kier molecular flexibility index (Phi) is 5.28. The Morgan fingerprint density at radius 2 is 1.83 bits per heavy atom. The Bertz CT molecular complexity index is 973. The highest BCUT2D eigenvalue weighted by Crippen LogP contribution is 2.56. The predicted molar refractivity (Wildman–Crippen MR) is 122 cm³/mol. The summed E-state index contributed by atoms with van der Waals surface area (Å²) in [5.41, 5.74) is 2.31. The number of thioether (sulfide) groups is 1. The molecular weight excluding hydrogens is 398 g/mol. The van der Waals surface area contributed by atoms with Crippen LogP contribution in [-0.4, -0.2) is 43.8 Å². The van der Waals surface area contributed by atoms with E-state index in [9.17, 15) is 4.79 Å². The molecule has 0 saturated heterocycles. The van der Waals surface area contributed by atoms with Crippen molar-refractivity contribution in [1.29, 1.82) is 0 Å². The number of benzene rings is 2. The highest BCUT2D eigenvalue weighted by Gasteiger charge is 2.58. The maximum atomic E-state index is 13.1. The number of hydrogen-bond donors (Lipinski definition) is 0. The van der Waals surface area contributed by atoms with E-state index in [1.807, 2.05) is 64.2 Å². The third-order valence-electron chi connectivity index (χ3n) is 5.22. The summed E-state index contributed by atoms with van der Waals surface area (Å²) in [4.78, 5) is 21.7. The Hall–Kier alpha value is -2.51. The minimum absolute atomic E-state index is 0.413. The molecule has 2 aliphatic rings. The summed E-state index contributed by atoms with van der Waals surface area (Å²) in [5, 5.41) is 0.893. The maximum Gasteiger partial charge on any atom is 0.417 e.